The lowest BCUT2D eigenvalue weighted by atomic mass is 9.80. The molecule has 0 saturated heterocycles. The van der Waals surface area contributed by atoms with Crippen molar-refractivity contribution in [1.82, 2.24) is 0 Å². The minimum atomic E-state index is -0.142. The summed E-state index contributed by atoms with van der Waals surface area (Å²) in [5, 5.41) is 10.1. The first-order chi connectivity index (χ1) is 9.10. The Morgan fingerprint density at radius 2 is 1.95 bits per heavy atom. The van der Waals surface area contributed by atoms with Gasteiger partial charge in [0, 0.05) is 25.2 Å². The Morgan fingerprint density at radius 1 is 1.26 bits per heavy atom. The summed E-state index contributed by atoms with van der Waals surface area (Å²) in [6.45, 7) is 3.20. The molecule has 0 amide bonds. The lowest BCUT2D eigenvalue weighted by molar-refractivity contribution is 0.0556. The molecule has 3 atom stereocenters. The summed E-state index contributed by atoms with van der Waals surface area (Å²) in [6.07, 6.45) is 3.09. The fraction of sp³-hybridized carbons (Fsp3) is 0.625. The molecule has 106 valence electrons. The third-order valence-corrected chi connectivity index (χ3v) is 4.23. The van der Waals surface area contributed by atoms with Crippen molar-refractivity contribution in [2.75, 3.05) is 25.6 Å². The van der Waals surface area contributed by atoms with E-state index in [4.69, 9.17) is 4.74 Å². The van der Waals surface area contributed by atoms with Crippen LogP contribution in [0.4, 0.5) is 5.69 Å². The molecule has 0 aliphatic heterocycles. The third-order valence-electron chi connectivity index (χ3n) is 4.23. The average Bonchev–Trinajstić information content (AvgIpc) is 2.43. The topological polar surface area (TPSA) is 32.7 Å². The summed E-state index contributed by atoms with van der Waals surface area (Å²) in [5.74, 6) is 2.00. The Bertz CT molecular complexity index is 390. The fourth-order valence-electron chi connectivity index (χ4n) is 2.97. The number of hydrogen-bond donors (Lipinski definition) is 1. The van der Waals surface area contributed by atoms with Gasteiger partial charge in [-0.1, -0.05) is 6.92 Å². The van der Waals surface area contributed by atoms with E-state index in [-0.39, 0.29) is 6.10 Å². The maximum Gasteiger partial charge on any atom is 0.119 e. The summed E-state index contributed by atoms with van der Waals surface area (Å²) in [5.41, 5.74) is 1.17. The van der Waals surface area contributed by atoms with Crippen molar-refractivity contribution in [1.29, 1.82) is 0 Å². The highest BCUT2D eigenvalue weighted by Gasteiger charge is 2.27. The number of ether oxygens (including phenoxy) is 1. The van der Waals surface area contributed by atoms with Gasteiger partial charge in [0.05, 0.1) is 13.2 Å². The van der Waals surface area contributed by atoms with Crippen LogP contribution in [0.2, 0.25) is 0 Å². The quantitative estimate of drug-likeness (QED) is 0.906. The van der Waals surface area contributed by atoms with Gasteiger partial charge < -0.3 is 14.7 Å². The van der Waals surface area contributed by atoms with Crippen LogP contribution in [0, 0.1) is 11.8 Å². The Hall–Kier alpha value is -1.22. The number of benzene rings is 1. The van der Waals surface area contributed by atoms with Crippen molar-refractivity contribution >= 4 is 5.69 Å². The first-order valence-corrected chi connectivity index (χ1v) is 7.13. The second-order valence-corrected chi connectivity index (χ2v) is 5.82. The van der Waals surface area contributed by atoms with Crippen molar-refractivity contribution in [3.63, 3.8) is 0 Å². The molecule has 3 heteroatoms. The standard InChI is InChI=1S/C16H25NO2/c1-12-4-9-16(18)13(10-12)11-17(2)14-5-7-15(19-3)8-6-14/h5-8,12-13,16,18H,4,9-11H2,1-3H3. The molecule has 0 radical (unpaired) electrons. The summed E-state index contributed by atoms with van der Waals surface area (Å²) in [4.78, 5) is 2.23. The van der Waals surface area contributed by atoms with Gasteiger partial charge in [-0.15, -0.1) is 0 Å². The van der Waals surface area contributed by atoms with Crippen molar-refractivity contribution in [2.24, 2.45) is 11.8 Å². The maximum absolute atomic E-state index is 10.1. The Morgan fingerprint density at radius 3 is 2.58 bits per heavy atom. The van der Waals surface area contributed by atoms with Crippen LogP contribution in [0.25, 0.3) is 0 Å². The summed E-state index contributed by atoms with van der Waals surface area (Å²) in [6, 6.07) is 8.09. The van der Waals surface area contributed by atoms with E-state index in [0.717, 1.165) is 37.5 Å². The van der Waals surface area contributed by atoms with Gasteiger partial charge in [0.1, 0.15) is 5.75 Å². The van der Waals surface area contributed by atoms with Gasteiger partial charge in [0.25, 0.3) is 0 Å². The lowest BCUT2D eigenvalue weighted by Crippen LogP contribution is -2.37. The van der Waals surface area contributed by atoms with Gasteiger partial charge in [-0.25, -0.2) is 0 Å². The zero-order valence-electron chi connectivity index (χ0n) is 12.2. The zero-order valence-corrected chi connectivity index (χ0v) is 12.2. The van der Waals surface area contributed by atoms with Crippen LogP contribution in [0.15, 0.2) is 24.3 Å². The molecule has 1 aromatic carbocycles. The SMILES string of the molecule is COc1ccc(N(C)CC2CC(C)CCC2O)cc1. The number of nitrogens with zero attached hydrogens (tertiary/aromatic N) is 1. The number of aliphatic hydroxyl groups is 1. The van der Waals surface area contributed by atoms with Crippen molar-refractivity contribution in [3.8, 4) is 5.75 Å². The van der Waals surface area contributed by atoms with E-state index in [9.17, 15) is 5.11 Å². The van der Waals surface area contributed by atoms with Crippen molar-refractivity contribution < 1.29 is 9.84 Å². The van der Waals surface area contributed by atoms with E-state index < -0.39 is 0 Å². The van der Waals surface area contributed by atoms with Crippen LogP contribution in [-0.2, 0) is 0 Å². The molecule has 0 heterocycles. The number of anilines is 1. The minimum Gasteiger partial charge on any atom is -0.497 e. The predicted octanol–water partition coefficient (Wildman–Crippen LogP) is 2.93. The maximum atomic E-state index is 10.1. The summed E-state index contributed by atoms with van der Waals surface area (Å²) in [7, 11) is 3.77. The van der Waals surface area contributed by atoms with E-state index in [2.05, 4.69) is 31.0 Å². The minimum absolute atomic E-state index is 0.142. The third kappa shape index (κ3) is 3.63. The molecule has 1 aromatic rings. The van der Waals surface area contributed by atoms with Gasteiger partial charge in [0.15, 0.2) is 0 Å². The van der Waals surface area contributed by atoms with Crippen LogP contribution in [0.5, 0.6) is 5.75 Å². The smallest absolute Gasteiger partial charge is 0.119 e. The Kier molecular flexibility index (Phi) is 4.70. The van der Waals surface area contributed by atoms with Gasteiger partial charge in [-0.05, 0) is 49.4 Å². The summed E-state index contributed by atoms with van der Waals surface area (Å²) < 4.78 is 5.17. The molecule has 0 aromatic heterocycles. The largest absolute Gasteiger partial charge is 0.497 e. The van der Waals surface area contributed by atoms with Gasteiger partial charge >= 0.3 is 0 Å². The highest BCUT2D eigenvalue weighted by Crippen LogP contribution is 2.30. The van der Waals surface area contributed by atoms with E-state index in [1.165, 1.54) is 5.69 Å². The van der Waals surface area contributed by atoms with Crippen LogP contribution in [0.1, 0.15) is 26.2 Å². The molecule has 3 nitrogen and oxygen atoms in total. The number of aliphatic hydroxyl groups excluding tert-OH is 1. The highest BCUT2D eigenvalue weighted by molar-refractivity contribution is 5.48. The van der Waals surface area contributed by atoms with Crippen LogP contribution in [-0.4, -0.2) is 31.9 Å². The van der Waals surface area contributed by atoms with Crippen LogP contribution >= 0.6 is 0 Å². The van der Waals surface area contributed by atoms with E-state index in [1.54, 1.807) is 7.11 Å². The van der Waals surface area contributed by atoms with E-state index in [1.807, 2.05) is 12.1 Å². The molecule has 1 aliphatic rings. The number of methoxy groups -OCH3 is 1. The monoisotopic (exact) mass is 263 g/mol. The first-order valence-electron chi connectivity index (χ1n) is 7.13. The second kappa shape index (κ2) is 6.29. The molecular weight excluding hydrogens is 238 g/mol. The first kappa shape index (κ1) is 14.2. The highest BCUT2D eigenvalue weighted by atomic mass is 16.5. The molecule has 0 bridgehead atoms. The predicted molar refractivity (Wildman–Crippen MR) is 78.8 cm³/mol. The van der Waals surface area contributed by atoms with E-state index in [0.29, 0.717) is 5.92 Å². The lowest BCUT2D eigenvalue weighted by Gasteiger charge is -2.35. The van der Waals surface area contributed by atoms with Crippen LogP contribution in [0.3, 0.4) is 0 Å². The van der Waals surface area contributed by atoms with Gasteiger partial charge in [-0.3, -0.25) is 0 Å². The molecular formula is C16H25NO2. The van der Waals surface area contributed by atoms with Crippen LogP contribution < -0.4 is 9.64 Å². The van der Waals surface area contributed by atoms with E-state index >= 15 is 0 Å². The molecule has 19 heavy (non-hydrogen) atoms. The molecule has 1 saturated carbocycles. The second-order valence-electron chi connectivity index (χ2n) is 5.82. The molecule has 3 unspecified atom stereocenters. The molecule has 0 spiro atoms. The van der Waals surface area contributed by atoms with Gasteiger partial charge in [-0.2, -0.15) is 0 Å². The molecule has 1 aliphatic carbocycles. The van der Waals surface area contributed by atoms with Crippen molar-refractivity contribution in [2.45, 2.75) is 32.3 Å². The van der Waals surface area contributed by atoms with Crippen molar-refractivity contribution in [3.05, 3.63) is 24.3 Å². The number of rotatable bonds is 4. The molecule has 1 N–H and O–H groups in total. The normalized spacial score (nSPS) is 27.1. The number of hydrogen-bond acceptors (Lipinski definition) is 3. The molecule has 2 rings (SSSR count). The average molecular weight is 263 g/mol. The zero-order chi connectivity index (χ0) is 13.8. The Labute approximate surface area is 116 Å². The Balaban J connectivity index is 1.97. The summed E-state index contributed by atoms with van der Waals surface area (Å²) >= 11 is 0. The molecule has 1 fully saturated rings. The van der Waals surface area contributed by atoms with Gasteiger partial charge in [0.2, 0.25) is 0 Å². The fourth-order valence-corrected chi connectivity index (χ4v) is 2.97.